The maximum atomic E-state index is 6.10. The monoisotopic (exact) mass is 224 g/mol. The molecule has 94 valence electrons. The lowest BCUT2D eigenvalue weighted by molar-refractivity contribution is 0.0638. The Kier molecular flexibility index (Phi) is 3.60. The molecule has 1 heterocycles. The van der Waals surface area contributed by atoms with Crippen LogP contribution in [0.1, 0.15) is 52.9 Å². The van der Waals surface area contributed by atoms with Gasteiger partial charge in [-0.05, 0) is 50.5 Å². The molecule has 1 saturated heterocycles. The van der Waals surface area contributed by atoms with E-state index >= 15 is 0 Å². The number of fused-ring (bicyclic) bond motifs is 1. The summed E-state index contributed by atoms with van der Waals surface area (Å²) in [5, 5.41) is 0. The minimum atomic E-state index is 0.254. The van der Waals surface area contributed by atoms with Gasteiger partial charge in [-0.25, -0.2) is 0 Å². The Morgan fingerprint density at radius 2 is 1.94 bits per heavy atom. The fourth-order valence-corrected chi connectivity index (χ4v) is 3.42. The molecule has 1 aliphatic heterocycles. The fourth-order valence-electron chi connectivity index (χ4n) is 3.42. The highest BCUT2D eigenvalue weighted by atomic mass is 15.2. The molecule has 0 bridgehead atoms. The largest absolute Gasteiger partial charge is 0.327 e. The lowest BCUT2D eigenvalue weighted by atomic mass is 9.83. The summed E-state index contributed by atoms with van der Waals surface area (Å²) < 4.78 is 0. The summed E-state index contributed by atoms with van der Waals surface area (Å²) in [6, 6.07) is 1.17. The van der Waals surface area contributed by atoms with Crippen molar-refractivity contribution in [3.8, 4) is 0 Å². The predicted octanol–water partition coefficient (Wildman–Crippen LogP) is 2.62. The molecular weight excluding hydrogens is 196 g/mol. The molecule has 2 rings (SSSR count). The normalized spacial score (nSPS) is 33.8. The number of nitrogens with two attached hydrogens (primary N) is 1. The first-order valence-electron chi connectivity index (χ1n) is 7.00. The second kappa shape index (κ2) is 4.66. The van der Waals surface area contributed by atoms with Crippen molar-refractivity contribution >= 4 is 0 Å². The fraction of sp³-hybridized carbons (Fsp3) is 1.00. The molecule has 0 spiro atoms. The summed E-state index contributed by atoms with van der Waals surface area (Å²) in [5.41, 5.74) is 6.35. The van der Waals surface area contributed by atoms with E-state index in [0.717, 1.165) is 12.0 Å². The second-order valence-electron chi connectivity index (χ2n) is 6.65. The molecule has 0 aromatic carbocycles. The van der Waals surface area contributed by atoms with E-state index in [2.05, 4.69) is 25.7 Å². The van der Waals surface area contributed by atoms with Gasteiger partial charge in [0.05, 0.1) is 0 Å². The van der Waals surface area contributed by atoms with Gasteiger partial charge in [0.1, 0.15) is 0 Å². The van der Waals surface area contributed by atoms with Crippen LogP contribution in [0.5, 0.6) is 0 Å². The number of rotatable bonds is 3. The van der Waals surface area contributed by atoms with Gasteiger partial charge in [-0.2, -0.15) is 0 Å². The Morgan fingerprint density at radius 1 is 1.25 bits per heavy atom. The van der Waals surface area contributed by atoms with E-state index in [1.807, 2.05) is 0 Å². The van der Waals surface area contributed by atoms with Gasteiger partial charge >= 0.3 is 0 Å². The molecule has 1 saturated carbocycles. The number of likely N-dealkylation sites (tertiary alicyclic amines) is 1. The SMILES string of the molecule is CC(N)C(C)(C)CN1CCCC2CCCC21. The summed E-state index contributed by atoms with van der Waals surface area (Å²) in [6.45, 7) is 9.27. The highest BCUT2D eigenvalue weighted by molar-refractivity contribution is 4.92. The highest BCUT2D eigenvalue weighted by Crippen LogP contribution is 2.38. The van der Waals surface area contributed by atoms with Crippen LogP contribution in [0.2, 0.25) is 0 Å². The Labute approximate surface area is 101 Å². The first-order chi connectivity index (χ1) is 7.50. The summed E-state index contributed by atoms with van der Waals surface area (Å²) in [4.78, 5) is 2.74. The summed E-state index contributed by atoms with van der Waals surface area (Å²) in [6.07, 6.45) is 7.22. The molecule has 2 nitrogen and oxygen atoms in total. The van der Waals surface area contributed by atoms with Crippen LogP contribution in [-0.4, -0.2) is 30.1 Å². The van der Waals surface area contributed by atoms with Crippen molar-refractivity contribution in [1.82, 2.24) is 4.90 Å². The van der Waals surface area contributed by atoms with E-state index in [1.54, 1.807) is 0 Å². The first-order valence-corrected chi connectivity index (χ1v) is 7.00. The average Bonchev–Trinajstić information content (AvgIpc) is 2.65. The number of piperidine rings is 1. The van der Waals surface area contributed by atoms with Crippen LogP contribution in [0, 0.1) is 11.3 Å². The van der Waals surface area contributed by atoms with Crippen LogP contribution < -0.4 is 5.73 Å². The number of hydrogen-bond acceptors (Lipinski definition) is 2. The van der Waals surface area contributed by atoms with Gasteiger partial charge < -0.3 is 5.73 Å². The minimum Gasteiger partial charge on any atom is -0.327 e. The third-order valence-corrected chi connectivity index (χ3v) is 4.95. The number of nitrogens with zero attached hydrogens (tertiary/aromatic N) is 1. The zero-order valence-corrected chi connectivity index (χ0v) is 11.2. The van der Waals surface area contributed by atoms with E-state index in [1.165, 1.54) is 45.2 Å². The van der Waals surface area contributed by atoms with Crippen LogP contribution >= 0.6 is 0 Å². The Morgan fingerprint density at radius 3 is 2.62 bits per heavy atom. The molecule has 0 radical (unpaired) electrons. The molecule has 0 amide bonds. The molecule has 0 aromatic heterocycles. The maximum Gasteiger partial charge on any atom is 0.0124 e. The third-order valence-electron chi connectivity index (χ3n) is 4.95. The summed E-state index contributed by atoms with van der Waals surface area (Å²) in [5.74, 6) is 0.998. The zero-order chi connectivity index (χ0) is 11.8. The van der Waals surface area contributed by atoms with E-state index < -0.39 is 0 Å². The smallest absolute Gasteiger partial charge is 0.0124 e. The van der Waals surface area contributed by atoms with Crippen molar-refractivity contribution in [2.45, 2.75) is 65.0 Å². The minimum absolute atomic E-state index is 0.254. The van der Waals surface area contributed by atoms with Crippen molar-refractivity contribution in [3.63, 3.8) is 0 Å². The standard InChI is InChI=1S/C14H28N2/c1-11(15)14(2,3)10-16-9-5-7-12-6-4-8-13(12)16/h11-13H,4-10,15H2,1-3H3. The van der Waals surface area contributed by atoms with E-state index in [4.69, 9.17) is 5.73 Å². The lowest BCUT2D eigenvalue weighted by Crippen LogP contribution is -2.50. The Bertz CT molecular complexity index is 235. The van der Waals surface area contributed by atoms with Crippen molar-refractivity contribution < 1.29 is 0 Å². The molecule has 0 aromatic rings. The van der Waals surface area contributed by atoms with E-state index in [9.17, 15) is 0 Å². The molecular formula is C14H28N2. The van der Waals surface area contributed by atoms with E-state index in [-0.39, 0.29) is 11.5 Å². The van der Waals surface area contributed by atoms with Crippen LogP contribution in [0.25, 0.3) is 0 Å². The molecule has 16 heavy (non-hydrogen) atoms. The third kappa shape index (κ3) is 2.43. The summed E-state index contributed by atoms with van der Waals surface area (Å²) >= 11 is 0. The van der Waals surface area contributed by atoms with Crippen molar-refractivity contribution in [2.24, 2.45) is 17.1 Å². The van der Waals surface area contributed by atoms with Gasteiger partial charge in [0.15, 0.2) is 0 Å². The highest BCUT2D eigenvalue weighted by Gasteiger charge is 2.37. The molecule has 2 aliphatic rings. The Balaban J connectivity index is 1.98. The van der Waals surface area contributed by atoms with E-state index in [0.29, 0.717) is 0 Å². The lowest BCUT2D eigenvalue weighted by Gasteiger charge is -2.43. The molecule has 2 fully saturated rings. The maximum absolute atomic E-state index is 6.10. The van der Waals surface area contributed by atoms with Crippen LogP contribution in [0.15, 0.2) is 0 Å². The van der Waals surface area contributed by atoms with Gasteiger partial charge in [-0.15, -0.1) is 0 Å². The zero-order valence-electron chi connectivity index (χ0n) is 11.2. The molecule has 3 atom stereocenters. The summed E-state index contributed by atoms with van der Waals surface area (Å²) in [7, 11) is 0. The Hall–Kier alpha value is -0.0800. The average molecular weight is 224 g/mol. The number of hydrogen-bond donors (Lipinski definition) is 1. The predicted molar refractivity (Wildman–Crippen MR) is 69.4 cm³/mol. The van der Waals surface area contributed by atoms with Gasteiger partial charge in [0, 0.05) is 18.6 Å². The molecule has 2 heteroatoms. The quantitative estimate of drug-likeness (QED) is 0.798. The van der Waals surface area contributed by atoms with Gasteiger partial charge in [0.25, 0.3) is 0 Å². The van der Waals surface area contributed by atoms with Crippen LogP contribution in [0.4, 0.5) is 0 Å². The van der Waals surface area contributed by atoms with Gasteiger partial charge in [-0.1, -0.05) is 20.3 Å². The van der Waals surface area contributed by atoms with Crippen LogP contribution in [0.3, 0.4) is 0 Å². The van der Waals surface area contributed by atoms with Gasteiger partial charge in [0.2, 0.25) is 0 Å². The van der Waals surface area contributed by atoms with Crippen molar-refractivity contribution in [1.29, 1.82) is 0 Å². The molecule has 3 unspecified atom stereocenters. The van der Waals surface area contributed by atoms with Gasteiger partial charge in [-0.3, -0.25) is 4.90 Å². The topological polar surface area (TPSA) is 29.3 Å². The first kappa shape index (κ1) is 12.4. The van der Waals surface area contributed by atoms with Crippen molar-refractivity contribution in [3.05, 3.63) is 0 Å². The van der Waals surface area contributed by atoms with Crippen LogP contribution in [-0.2, 0) is 0 Å². The molecule has 1 aliphatic carbocycles. The second-order valence-corrected chi connectivity index (χ2v) is 6.65. The van der Waals surface area contributed by atoms with Crippen molar-refractivity contribution in [2.75, 3.05) is 13.1 Å². The molecule has 2 N–H and O–H groups in total.